The summed E-state index contributed by atoms with van der Waals surface area (Å²) in [5, 5.41) is 10.7. The minimum Gasteiger partial charge on any atom is -0.483 e. The third-order valence-corrected chi connectivity index (χ3v) is 4.39. The van der Waals surface area contributed by atoms with E-state index in [-0.39, 0.29) is 29.9 Å². The Balaban J connectivity index is 0.000000816. The van der Waals surface area contributed by atoms with Crippen LogP contribution in [0.15, 0.2) is 4.79 Å². The number of H-pyrrole nitrogens is 1. The lowest BCUT2D eigenvalue weighted by Crippen LogP contribution is -2.42. The molecule has 0 bridgehead atoms. The summed E-state index contributed by atoms with van der Waals surface area (Å²) in [6.07, 6.45) is 2.74. The van der Waals surface area contributed by atoms with Crippen LogP contribution >= 0.6 is 0 Å². The molecule has 1 aromatic rings. The normalized spacial score (nSPS) is 18.0. The molecule has 0 aliphatic carbocycles. The molecule has 130 valence electrons. The van der Waals surface area contributed by atoms with Gasteiger partial charge in [0, 0.05) is 26.4 Å². The van der Waals surface area contributed by atoms with Crippen LogP contribution in [-0.2, 0) is 21.7 Å². The second-order valence-corrected chi connectivity index (χ2v) is 7.54. The van der Waals surface area contributed by atoms with Gasteiger partial charge in [0.2, 0.25) is 5.82 Å². The number of amides is 1. The molecular weight excluding hydrogens is 328 g/mol. The van der Waals surface area contributed by atoms with E-state index < -0.39 is 15.5 Å². The van der Waals surface area contributed by atoms with Crippen molar-refractivity contribution in [1.82, 2.24) is 19.7 Å². The number of aromatic amines is 1. The van der Waals surface area contributed by atoms with E-state index in [4.69, 9.17) is 9.90 Å². The van der Waals surface area contributed by atoms with Gasteiger partial charge in [0.25, 0.3) is 12.4 Å². The van der Waals surface area contributed by atoms with Gasteiger partial charge in [-0.1, -0.05) is 0 Å². The number of carbonyl (C=O) groups is 2. The lowest BCUT2D eigenvalue weighted by molar-refractivity contribution is -0.122. The highest BCUT2D eigenvalue weighted by Crippen LogP contribution is 2.19. The zero-order valence-corrected chi connectivity index (χ0v) is 13.7. The highest BCUT2D eigenvalue weighted by Gasteiger charge is 2.28. The monoisotopic (exact) mass is 348 g/mol. The molecule has 0 saturated carbocycles. The largest absolute Gasteiger partial charge is 0.483 e. The summed E-state index contributed by atoms with van der Waals surface area (Å²) in [6, 6.07) is 0. The standard InChI is InChI=1S/C11H18N4O4S.CH2O2/c1-14-11(17)12-9(13-14)10(16)15-5-3-4-8(6-15)7-20(2,18)19;2-1-3/h8H,3-7H2,1-2H3,(H,12,13,17);1H,(H,2,3). The van der Waals surface area contributed by atoms with E-state index in [0.717, 1.165) is 17.5 Å². The fourth-order valence-electron chi connectivity index (χ4n) is 2.46. The maximum absolute atomic E-state index is 12.2. The number of likely N-dealkylation sites (tertiary alicyclic amines) is 1. The summed E-state index contributed by atoms with van der Waals surface area (Å²) in [7, 11) is -1.60. The number of hydrogen-bond acceptors (Lipinski definition) is 6. The quantitative estimate of drug-likeness (QED) is 0.647. The van der Waals surface area contributed by atoms with Gasteiger partial charge in [-0.25, -0.2) is 17.9 Å². The number of nitrogens with one attached hydrogen (secondary N) is 1. The van der Waals surface area contributed by atoms with Crippen molar-refractivity contribution in [3.8, 4) is 0 Å². The number of hydrogen-bond donors (Lipinski definition) is 2. The van der Waals surface area contributed by atoms with E-state index >= 15 is 0 Å². The van der Waals surface area contributed by atoms with E-state index in [1.165, 1.54) is 13.3 Å². The van der Waals surface area contributed by atoms with Gasteiger partial charge in [-0.15, -0.1) is 5.10 Å². The minimum absolute atomic E-state index is 0.00231. The number of aromatic nitrogens is 3. The van der Waals surface area contributed by atoms with Crippen molar-refractivity contribution in [3.63, 3.8) is 0 Å². The van der Waals surface area contributed by atoms with E-state index in [1.54, 1.807) is 4.90 Å². The Bertz CT molecular complexity index is 707. The van der Waals surface area contributed by atoms with Gasteiger partial charge in [0.15, 0.2) is 0 Å². The maximum Gasteiger partial charge on any atom is 0.343 e. The van der Waals surface area contributed by atoms with Crippen LogP contribution in [0.5, 0.6) is 0 Å². The molecule has 2 heterocycles. The Labute approximate surface area is 133 Å². The van der Waals surface area contributed by atoms with Gasteiger partial charge < -0.3 is 10.0 Å². The summed E-state index contributed by atoms with van der Waals surface area (Å²) in [6.45, 7) is 0.683. The third kappa shape index (κ3) is 5.85. The Kier molecular flexibility index (Phi) is 6.49. The molecule has 2 N–H and O–H groups in total. The van der Waals surface area contributed by atoms with Crippen LogP contribution < -0.4 is 5.69 Å². The zero-order chi connectivity index (χ0) is 17.6. The minimum atomic E-state index is -3.06. The second kappa shape index (κ2) is 7.90. The molecule has 11 heteroatoms. The van der Waals surface area contributed by atoms with Gasteiger partial charge in [0.05, 0.1) is 5.75 Å². The van der Waals surface area contributed by atoms with Gasteiger partial charge in [-0.05, 0) is 18.8 Å². The van der Waals surface area contributed by atoms with Crippen molar-refractivity contribution >= 4 is 22.2 Å². The molecule has 0 radical (unpaired) electrons. The first kappa shape index (κ1) is 18.9. The molecule has 1 unspecified atom stereocenters. The molecule has 0 aromatic carbocycles. The van der Waals surface area contributed by atoms with E-state index in [2.05, 4.69) is 10.1 Å². The molecule has 1 aromatic heterocycles. The lowest BCUT2D eigenvalue weighted by Gasteiger charge is -2.31. The van der Waals surface area contributed by atoms with Crippen LogP contribution in [0.1, 0.15) is 23.5 Å². The molecule has 1 amide bonds. The zero-order valence-electron chi connectivity index (χ0n) is 12.9. The predicted molar refractivity (Wildman–Crippen MR) is 80.9 cm³/mol. The summed E-state index contributed by atoms with van der Waals surface area (Å²) in [4.78, 5) is 35.8. The van der Waals surface area contributed by atoms with Gasteiger partial charge >= 0.3 is 5.69 Å². The second-order valence-electron chi connectivity index (χ2n) is 5.36. The third-order valence-electron chi connectivity index (χ3n) is 3.32. The van der Waals surface area contributed by atoms with Crippen molar-refractivity contribution in [2.75, 3.05) is 25.1 Å². The molecule has 2 rings (SSSR count). The van der Waals surface area contributed by atoms with E-state index in [9.17, 15) is 18.0 Å². The van der Waals surface area contributed by atoms with Crippen LogP contribution in [0.25, 0.3) is 0 Å². The highest BCUT2D eigenvalue weighted by atomic mass is 32.2. The first-order valence-electron chi connectivity index (χ1n) is 6.86. The van der Waals surface area contributed by atoms with Crippen molar-refractivity contribution < 1.29 is 23.1 Å². The van der Waals surface area contributed by atoms with Crippen molar-refractivity contribution in [3.05, 3.63) is 16.3 Å². The van der Waals surface area contributed by atoms with Gasteiger partial charge in [0.1, 0.15) is 9.84 Å². The lowest BCUT2D eigenvalue weighted by atomic mass is 10.00. The molecule has 1 fully saturated rings. The number of rotatable bonds is 3. The molecular formula is C12H20N4O6S. The van der Waals surface area contributed by atoms with Crippen LogP contribution in [0, 0.1) is 5.92 Å². The number of nitrogens with zero attached hydrogens (tertiary/aromatic N) is 3. The first-order chi connectivity index (χ1) is 10.7. The number of carbonyl (C=O) groups excluding carboxylic acids is 1. The summed E-state index contributed by atoms with van der Waals surface area (Å²) in [5.74, 6) is -0.341. The van der Waals surface area contributed by atoms with E-state index in [1.807, 2.05) is 0 Å². The molecule has 1 atom stereocenters. The van der Waals surface area contributed by atoms with E-state index in [0.29, 0.717) is 13.1 Å². The van der Waals surface area contributed by atoms with Crippen LogP contribution in [0.4, 0.5) is 0 Å². The fraction of sp³-hybridized carbons (Fsp3) is 0.667. The van der Waals surface area contributed by atoms with Crippen LogP contribution in [0.3, 0.4) is 0 Å². The molecule has 1 aliphatic heterocycles. The van der Waals surface area contributed by atoms with Crippen molar-refractivity contribution in [2.45, 2.75) is 12.8 Å². The maximum atomic E-state index is 12.2. The Morgan fingerprint density at radius 3 is 2.61 bits per heavy atom. The average Bonchev–Trinajstić information content (AvgIpc) is 2.77. The smallest absolute Gasteiger partial charge is 0.343 e. The first-order valence-corrected chi connectivity index (χ1v) is 8.92. The van der Waals surface area contributed by atoms with Crippen molar-refractivity contribution in [2.24, 2.45) is 13.0 Å². The van der Waals surface area contributed by atoms with Crippen molar-refractivity contribution in [1.29, 1.82) is 0 Å². The van der Waals surface area contributed by atoms with Gasteiger partial charge in [-0.3, -0.25) is 14.6 Å². The summed E-state index contributed by atoms with van der Waals surface area (Å²) in [5.41, 5.74) is -0.446. The Morgan fingerprint density at radius 2 is 2.13 bits per heavy atom. The van der Waals surface area contributed by atoms with Gasteiger partial charge in [-0.2, -0.15) is 0 Å². The van der Waals surface area contributed by atoms with Crippen LogP contribution in [0.2, 0.25) is 0 Å². The number of carboxylic acid groups (broad SMARTS) is 1. The fourth-order valence-corrected chi connectivity index (χ4v) is 3.59. The Morgan fingerprint density at radius 1 is 1.52 bits per heavy atom. The predicted octanol–water partition coefficient (Wildman–Crippen LogP) is -1.29. The molecule has 0 spiro atoms. The molecule has 1 aliphatic rings. The Hall–Kier alpha value is -2.17. The topological polar surface area (TPSA) is 142 Å². The molecule has 23 heavy (non-hydrogen) atoms. The van der Waals surface area contributed by atoms with Crippen LogP contribution in [-0.4, -0.2) is 70.7 Å². The number of sulfone groups is 1. The molecule has 1 saturated heterocycles. The number of aryl methyl sites for hydroxylation is 1. The summed E-state index contributed by atoms with van der Waals surface area (Å²) < 4.78 is 23.7. The highest BCUT2D eigenvalue weighted by molar-refractivity contribution is 7.90. The SMILES string of the molecule is Cn1nc(C(=O)N2CCCC(CS(C)(=O)=O)C2)[nH]c1=O.O=CO. The molecule has 10 nitrogen and oxygen atoms in total. The number of piperidine rings is 1. The average molecular weight is 348 g/mol. The summed E-state index contributed by atoms with van der Waals surface area (Å²) >= 11 is 0.